The van der Waals surface area contributed by atoms with Crippen LogP contribution < -0.4 is 5.32 Å². The van der Waals surface area contributed by atoms with Crippen LogP contribution in [0.5, 0.6) is 0 Å². The summed E-state index contributed by atoms with van der Waals surface area (Å²) in [6.45, 7) is -0.465. The number of amides is 1. The summed E-state index contributed by atoms with van der Waals surface area (Å²) in [5.74, 6) is -1.18. The molecule has 3 aromatic heterocycles. The molecule has 0 atom stereocenters. The Morgan fingerprint density at radius 1 is 1.24 bits per heavy atom. The van der Waals surface area contributed by atoms with E-state index >= 15 is 0 Å². The molecular formula is C18H12ClN5O3S2. The molecular weight excluding hydrogens is 434 g/mol. The summed E-state index contributed by atoms with van der Waals surface area (Å²) in [6, 6.07) is 6.86. The zero-order valence-corrected chi connectivity index (χ0v) is 17.0. The molecule has 11 heteroatoms. The molecule has 0 aliphatic rings. The number of thiazole rings is 1. The van der Waals surface area contributed by atoms with Gasteiger partial charge in [0.25, 0.3) is 5.91 Å². The van der Waals surface area contributed by atoms with Crippen molar-refractivity contribution in [1.82, 2.24) is 19.7 Å². The summed E-state index contributed by atoms with van der Waals surface area (Å²) in [7, 11) is 0. The summed E-state index contributed by atoms with van der Waals surface area (Å²) < 4.78 is 6.57. The molecule has 0 aliphatic carbocycles. The zero-order chi connectivity index (χ0) is 20.2. The van der Waals surface area contributed by atoms with Gasteiger partial charge in [-0.25, -0.2) is 19.4 Å². The highest BCUT2D eigenvalue weighted by atomic mass is 35.5. The van der Waals surface area contributed by atoms with Crippen molar-refractivity contribution in [1.29, 1.82) is 0 Å². The summed E-state index contributed by atoms with van der Waals surface area (Å²) in [4.78, 5) is 32.6. The Kier molecular flexibility index (Phi) is 5.65. The SMILES string of the molecule is O=C(COC(=O)c1csc(-c2ccsc2)n1)Nc1cc(Cl)ccc1-n1cncn1. The Morgan fingerprint density at radius 3 is 2.90 bits per heavy atom. The van der Waals surface area contributed by atoms with Crippen LogP contribution in [0.4, 0.5) is 5.69 Å². The lowest BCUT2D eigenvalue weighted by atomic mass is 10.2. The number of nitrogens with zero attached hydrogens (tertiary/aromatic N) is 4. The van der Waals surface area contributed by atoms with E-state index in [1.165, 1.54) is 28.7 Å². The highest BCUT2D eigenvalue weighted by Gasteiger charge is 2.16. The predicted octanol–water partition coefficient (Wildman–Crippen LogP) is 3.90. The average molecular weight is 446 g/mol. The maximum Gasteiger partial charge on any atom is 0.358 e. The fraction of sp³-hybridized carbons (Fsp3) is 0.0556. The molecule has 0 saturated carbocycles. The van der Waals surface area contributed by atoms with Crippen LogP contribution in [0.3, 0.4) is 0 Å². The van der Waals surface area contributed by atoms with Crippen LogP contribution in [0, 0.1) is 0 Å². The molecule has 0 aliphatic heterocycles. The van der Waals surface area contributed by atoms with Crippen molar-refractivity contribution in [2.75, 3.05) is 11.9 Å². The second kappa shape index (κ2) is 8.52. The zero-order valence-electron chi connectivity index (χ0n) is 14.6. The van der Waals surface area contributed by atoms with Gasteiger partial charge in [0.2, 0.25) is 0 Å². The van der Waals surface area contributed by atoms with Gasteiger partial charge in [-0.1, -0.05) is 11.6 Å². The largest absolute Gasteiger partial charge is 0.451 e. The third kappa shape index (κ3) is 4.50. The number of carbonyl (C=O) groups is 2. The van der Waals surface area contributed by atoms with Gasteiger partial charge in [-0.2, -0.15) is 16.4 Å². The lowest BCUT2D eigenvalue weighted by molar-refractivity contribution is -0.119. The Hall–Kier alpha value is -3.08. The summed E-state index contributed by atoms with van der Waals surface area (Å²) in [5.41, 5.74) is 2.09. The van der Waals surface area contributed by atoms with Crippen LogP contribution >= 0.6 is 34.3 Å². The van der Waals surface area contributed by atoms with E-state index in [0.717, 1.165) is 10.6 Å². The van der Waals surface area contributed by atoms with Gasteiger partial charge in [-0.3, -0.25) is 4.79 Å². The fourth-order valence-corrected chi connectivity index (χ4v) is 4.09. The van der Waals surface area contributed by atoms with E-state index < -0.39 is 18.5 Å². The van der Waals surface area contributed by atoms with E-state index in [4.69, 9.17) is 16.3 Å². The molecule has 0 unspecified atom stereocenters. The maximum atomic E-state index is 12.3. The first kappa shape index (κ1) is 19.2. The molecule has 0 radical (unpaired) electrons. The van der Waals surface area contributed by atoms with Crippen LogP contribution in [0.2, 0.25) is 5.02 Å². The molecule has 8 nitrogen and oxygen atoms in total. The highest BCUT2D eigenvalue weighted by molar-refractivity contribution is 7.14. The molecule has 1 N–H and O–H groups in total. The van der Waals surface area contributed by atoms with Crippen LogP contribution in [0.15, 0.2) is 53.1 Å². The maximum absolute atomic E-state index is 12.3. The molecule has 0 saturated heterocycles. The molecule has 146 valence electrons. The summed E-state index contributed by atoms with van der Waals surface area (Å²) in [5, 5.41) is 13.3. The number of benzene rings is 1. The summed E-state index contributed by atoms with van der Waals surface area (Å²) >= 11 is 8.91. The molecule has 1 amide bonds. The van der Waals surface area contributed by atoms with Gasteiger partial charge < -0.3 is 10.1 Å². The molecule has 0 spiro atoms. The van der Waals surface area contributed by atoms with Crippen LogP contribution in [-0.4, -0.2) is 38.2 Å². The van der Waals surface area contributed by atoms with Gasteiger partial charge in [0.05, 0.1) is 11.4 Å². The second-order valence-corrected chi connectivity index (χ2v) is 7.75. The molecule has 1 aromatic carbocycles. The smallest absolute Gasteiger partial charge is 0.358 e. The van der Waals surface area contributed by atoms with Crippen molar-refractivity contribution in [2.45, 2.75) is 0 Å². The molecule has 0 fully saturated rings. The minimum Gasteiger partial charge on any atom is -0.451 e. The third-order valence-electron chi connectivity index (χ3n) is 3.71. The Balaban J connectivity index is 1.40. The fourth-order valence-electron chi connectivity index (χ4n) is 2.42. The van der Waals surface area contributed by atoms with Gasteiger partial charge in [-0.15, -0.1) is 11.3 Å². The monoisotopic (exact) mass is 445 g/mol. The third-order valence-corrected chi connectivity index (χ3v) is 5.52. The van der Waals surface area contributed by atoms with Crippen molar-refractivity contribution in [3.05, 3.63) is 63.8 Å². The Labute approximate surface area is 177 Å². The van der Waals surface area contributed by atoms with Crippen molar-refractivity contribution in [3.63, 3.8) is 0 Å². The van der Waals surface area contributed by atoms with Crippen LogP contribution in [0.1, 0.15) is 10.5 Å². The van der Waals surface area contributed by atoms with Gasteiger partial charge >= 0.3 is 5.97 Å². The number of carbonyl (C=O) groups excluding carboxylic acids is 2. The van der Waals surface area contributed by atoms with Gasteiger partial charge in [0, 0.05) is 21.3 Å². The standard InChI is InChI=1S/C18H12ClN5O3S2/c19-12-1-2-15(24-10-20-9-21-24)13(5-12)22-16(25)6-27-18(26)14-8-29-17(23-14)11-3-4-28-7-11/h1-5,7-10H,6H2,(H,22,25). The van der Waals surface area contributed by atoms with Crippen LogP contribution in [-0.2, 0) is 9.53 Å². The average Bonchev–Trinajstić information content (AvgIpc) is 3.48. The molecule has 29 heavy (non-hydrogen) atoms. The number of aromatic nitrogens is 4. The van der Waals surface area contributed by atoms with E-state index in [2.05, 4.69) is 20.4 Å². The molecule has 0 bridgehead atoms. The first-order chi connectivity index (χ1) is 14.1. The molecule has 4 aromatic rings. The lowest BCUT2D eigenvalue weighted by Crippen LogP contribution is -2.22. The van der Waals surface area contributed by atoms with Crippen molar-refractivity contribution < 1.29 is 14.3 Å². The van der Waals surface area contributed by atoms with E-state index in [0.29, 0.717) is 16.4 Å². The van der Waals surface area contributed by atoms with Crippen molar-refractivity contribution >= 4 is 51.8 Å². The van der Waals surface area contributed by atoms with Crippen molar-refractivity contribution in [3.8, 4) is 16.3 Å². The predicted molar refractivity (Wildman–Crippen MR) is 111 cm³/mol. The first-order valence-electron chi connectivity index (χ1n) is 8.20. The van der Waals surface area contributed by atoms with E-state index in [1.54, 1.807) is 34.9 Å². The second-order valence-electron chi connectivity index (χ2n) is 5.68. The van der Waals surface area contributed by atoms with E-state index in [9.17, 15) is 9.59 Å². The number of ether oxygens (including phenoxy) is 1. The number of nitrogens with one attached hydrogen (secondary N) is 1. The minimum absolute atomic E-state index is 0.162. The van der Waals surface area contributed by atoms with Gasteiger partial charge in [0.15, 0.2) is 12.3 Å². The van der Waals surface area contributed by atoms with E-state index in [-0.39, 0.29) is 5.69 Å². The molecule has 3 heterocycles. The first-order valence-corrected chi connectivity index (χ1v) is 10.4. The minimum atomic E-state index is -0.666. The number of hydrogen-bond acceptors (Lipinski definition) is 8. The number of esters is 1. The highest BCUT2D eigenvalue weighted by Crippen LogP contribution is 2.26. The quantitative estimate of drug-likeness (QED) is 0.452. The number of anilines is 1. The topological polar surface area (TPSA) is 99.0 Å². The Morgan fingerprint density at radius 2 is 2.14 bits per heavy atom. The van der Waals surface area contributed by atoms with E-state index in [1.807, 2.05) is 16.8 Å². The normalized spacial score (nSPS) is 10.7. The van der Waals surface area contributed by atoms with Gasteiger partial charge in [-0.05, 0) is 29.6 Å². The number of rotatable bonds is 6. The molecule has 4 rings (SSSR count). The summed E-state index contributed by atoms with van der Waals surface area (Å²) in [6.07, 6.45) is 2.87. The van der Waals surface area contributed by atoms with Crippen molar-refractivity contribution in [2.24, 2.45) is 0 Å². The number of halogens is 1. The number of hydrogen-bond donors (Lipinski definition) is 1. The van der Waals surface area contributed by atoms with Gasteiger partial charge in [0.1, 0.15) is 17.7 Å². The Bertz CT molecular complexity index is 1140. The van der Waals surface area contributed by atoms with Crippen LogP contribution in [0.25, 0.3) is 16.3 Å². The number of thiophene rings is 1. The lowest BCUT2D eigenvalue weighted by Gasteiger charge is -2.11.